The van der Waals surface area contributed by atoms with Crippen LogP contribution in [0.25, 0.3) is 0 Å². The van der Waals surface area contributed by atoms with Gasteiger partial charge in [0.1, 0.15) is 5.02 Å². The smallest absolute Gasteiger partial charge is 0.288 e. The normalized spacial score (nSPS) is 17.6. The largest absolute Gasteiger partial charge is 0.310 e. The van der Waals surface area contributed by atoms with Gasteiger partial charge in [-0.2, -0.15) is 0 Å². The van der Waals surface area contributed by atoms with Gasteiger partial charge in [-0.3, -0.25) is 10.1 Å². The summed E-state index contributed by atoms with van der Waals surface area (Å²) in [6, 6.07) is 5.44. The zero-order valence-corrected chi connectivity index (χ0v) is 11.8. The predicted molar refractivity (Wildman–Crippen MR) is 76.4 cm³/mol. The van der Waals surface area contributed by atoms with Crippen LogP contribution in [-0.2, 0) is 6.54 Å². The van der Waals surface area contributed by atoms with E-state index in [0.717, 1.165) is 11.5 Å². The van der Waals surface area contributed by atoms with Crippen molar-refractivity contribution in [2.75, 3.05) is 0 Å². The average molecular weight is 283 g/mol. The van der Waals surface area contributed by atoms with Crippen molar-refractivity contribution in [3.63, 3.8) is 0 Å². The molecule has 0 amide bonds. The number of benzene rings is 1. The van der Waals surface area contributed by atoms with Crippen molar-refractivity contribution in [1.29, 1.82) is 0 Å². The van der Waals surface area contributed by atoms with Crippen LogP contribution in [0.5, 0.6) is 0 Å². The quantitative estimate of drug-likeness (QED) is 0.658. The molecule has 4 nitrogen and oxygen atoms in total. The molecule has 2 rings (SSSR count). The highest BCUT2D eigenvalue weighted by atomic mass is 35.5. The second-order valence-electron chi connectivity index (χ2n) is 5.26. The second kappa shape index (κ2) is 6.35. The summed E-state index contributed by atoms with van der Waals surface area (Å²) in [4.78, 5) is 10.4. The molecule has 1 aromatic carbocycles. The Morgan fingerprint density at radius 3 is 2.79 bits per heavy atom. The first kappa shape index (κ1) is 14.3. The molecule has 1 aliphatic rings. The summed E-state index contributed by atoms with van der Waals surface area (Å²) in [5.41, 5.74) is 0.885. The maximum atomic E-state index is 10.8. The molecule has 19 heavy (non-hydrogen) atoms. The molecule has 1 atom stereocenters. The summed E-state index contributed by atoms with van der Waals surface area (Å²) in [7, 11) is 0. The van der Waals surface area contributed by atoms with Gasteiger partial charge in [-0.15, -0.1) is 0 Å². The number of rotatable bonds is 5. The minimum atomic E-state index is -0.438. The third-order valence-electron chi connectivity index (χ3n) is 3.94. The fourth-order valence-corrected chi connectivity index (χ4v) is 2.90. The van der Waals surface area contributed by atoms with Crippen molar-refractivity contribution in [3.8, 4) is 0 Å². The van der Waals surface area contributed by atoms with Gasteiger partial charge in [0.15, 0.2) is 0 Å². The summed E-state index contributed by atoms with van der Waals surface area (Å²) in [6.45, 7) is 2.84. The van der Waals surface area contributed by atoms with E-state index in [1.165, 1.54) is 25.7 Å². The fourth-order valence-electron chi connectivity index (χ4n) is 2.71. The molecule has 1 aliphatic carbocycles. The standard InChI is InChI=1S/C14H19ClN2O2/c1-10(12-4-2-3-5-12)16-9-11-6-7-13(15)14(8-11)17(18)19/h6-8,10,12,16H,2-5,9H2,1H3/t10-/m1/s1. The van der Waals surface area contributed by atoms with Crippen LogP contribution in [0, 0.1) is 16.0 Å². The van der Waals surface area contributed by atoms with Gasteiger partial charge >= 0.3 is 0 Å². The van der Waals surface area contributed by atoms with E-state index in [-0.39, 0.29) is 10.7 Å². The van der Waals surface area contributed by atoms with Gasteiger partial charge in [-0.25, -0.2) is 0 Å². The lowest BCUT2D eigenvalue weighted by molar-refractivity contribution is -0.384. The highest BCUT2D eigenvalue weighted by Crippen LogP contribution is 2.28. The predicted octanol–water partition coefficient (Wildman–Crippen LogP) is 3.92. The SMILES string of the molecule is C[C@@H](NCc1ccc(Cl)c([N+](=O)[O-])c1)C1CCCC1. The molecule has 5 heteroatoms. The summed E-state index contributed by atoms with van der Waals surface area (Å²) >= 11 is 5.80. The van der Waals surface area contributed by atoms with E-state index in [0.29, 0.717) is 12.6 Å². The number of nitrogens with one attached hydrogen (secondary N) is 1. The molecule has 104 valence electrons. The second-order valence-corrected chi connectivity index (χ2v) is 5.66. The molecule has 0 bridgehead atoms. The van der Waals surface area contributed by atoms with Crippen LogP contribution < -0.4 is 5.32 Å². The van der Waals surface area contributed by atoms with Gasteiger partial charge < -0.3 is 5.32 Å². The number of halogens is 1. The maximum absolute atomic E-state index is 10.8. The van der Waals surface area contributed by atoms with Gasteiger partial charge in [-0.05, 0) is 37.3 Å². The number of nitro groups is 1. The molecule has 1 saturated carbocycles. The number of nitrogens with zero attached hydrogens (tertiary/aromatic N) is 1. The zero-order valence-electron chi connectivity index (χ0n) is 11.1. The van der Waals surface area contributed by atoms with Gasteiger partial charge in [0.05, 0.1) is 4.92 Å². The van der Waals surface area contributed by atoms with Gasteiger partial charge in [-0.1, -0.05) is 30.5 Å². The molecule has 1 N–H and O–H groups in total. The van der Waals surface area contributed by atoms with E-state index in [1.807, 2.05) is 6.07 Å². The Bertz CT molecular complexity index is 459. The van der Waals surface area contributed by atoms with E-state index in [1.54, 1.807) is 12.1 Å². The summed E-state index contributed by atoms with van der Waals surface area (Å²) in [6.07, 6.45) is 5.22. The number of hydrogen-bond acceptors (Lipinski definition) is 3. The topological polar surface area (TPSA) is 55.2 Å². The van der Waals surface area contributed by atoms with Crippen molar-refractivity contribution in [1.82, 2.24) is 5.32 Å². The fraction of sp³-hybridized carbons (Fsp3) is 0.571. The van der Waals surface area contributed by atoms with Crippen molar-refractivity contribution in [3.05, 3.63) is 38.9 Å². The number of hydrogen-bond donors (Lipinski definition) is 1. The van der Waals surface area contributed by atoms with Crippen molar-refractivity contribution < 1.29 is 4.92 Å². The molecule has 1 fully saturated rings. The molecule has 0 heterocycles. The van der Waals surface area contributed by atoms with Gasteiger partial charge in [0.2, 0.25) is 0 Å². The van der Waals surface area contributed by atoms with E-state index in [2.05, 4.69) is 12.2 Å². The van der Waals surface area contributed by atoms with Crippen molar-refractivity contribution >= 4 is 17.3 Å². The Kier molecular flexibility index (Phi) is 4.77. The maximum Gasteiger partial charge on any atom is 0.288 e. The summed E-state index contributed by atoms with van der Waals surface area (Å²) in [5.74, 6) is 0.738. The van der Waals surface area contributed by atoms with Crippen LogP contribution >= 0.6 is 11.6 Å². The highest BCUT2D eigenvalue weighted by molar-refractivity contribution is 6.32. The lowest BCUT2D eigenvalue weighted by atomic mass is 9.99. The third-order valence-corrected chi connectivity index (χ3v) is 4.26. The third kappa shape index (κ3) is 3.67. The molecule has 0 radical (unpaired) electrons. The Morgan fingerprint density at radius 1 is 1.47 bits per heavy atom. The van der Waals surface area contributed by atoms with Crippen LogP contribution in [0.1, 0.15) is 38.2 Å². The minimum Gasteiger partial charge on any atom is -0.310 e. The first-order valence-corrected chi connectivity index (χ1v) is 7.12. The lowest BCUT2D eigenvalue weighted by Gasteiger charge is -2.20. The van der Waals surface area contributed by atoms with Crippen molar-refractivity contribution in [2.45, 2.75) is 45.2 Å². The molecule has 0 spiro atoms. The van der Waals surface area contributed by atoms with Crippen LogP contribution in [-0.4, -0.2) is 11.0 Å². The van der Waals surface area contributed by atoms with Crippen LogP contribution in [0.3, 0.4) is 0 Å². The lowest BCUT2D eigenvalue weighted by Crippen LogP contribution is -2.31. The Balaban J connectivity index is 1.95. The molecule has 0 aliphatic heterocycles. The Labute approximate surface area is 118 Å². The van der Waals surface area contributed by atoms with Crippen molar-refractivity contribution in [2.24, 2.45) is 5.92 Å². The van der Waals surface area contributed by atoms with E-state index < -0.39 is 4.92 Å². The van der Waals surface area contributed by atoms with Crippen LogP contribution in [0.15, 0.2) is 18.2 Å². The van der Waals surface area contributed by atoms with Gasteiger partial charge in [0.25, 0.3) is 5.69 Å². The van der Waals surface area contributed by atoms with Gasteiger partial charge in [0, 0.05) is 18.7 Å². The first-order chi connectivity index (χ1) is 9.08. The summed E-state index contributed by atoms with van der Waals surface area (Å²) < 4.78 is 0. The first-order valence-electron chi connectivity index (χ1n) is 6.74. The zero-order chi connectivity index (χ0) is 13.8. The molecule has 0 aromatic heterocycles. The molecular formula is C14H19ClN2O2. The summed E-state index contributed by atoms with van der Waals surface area (Å²) in [5, 5.41) is 14.5. The van der Waals surface area contributed by atoms with E-state index in [4.69, 9.17) is 11.6 Å². The van der Waals surface area contributed by atoms with E-state index >= 15 is 0 Å². The Morgan fingerprint density at radius 2 is 2.16 bits per heavy atom. The molecular weight excluding hydrogens is 264 g/mol. The van der Waals surface area contributed by atoms with E-state index in [9.17, 15) is 10.1 Å². The molecule has 0 saturated heterocycles. The molecule has 0 unspecified atom stereocenters. The van der Waals surface area contributed by atoms with Crippen LogP contribution in [0.2, 0.25) is 5.02 Å². The monoisotopic (exact) mass is 282 g/mol. The highest BCUT2D eigenvalue weighted by Gasteiger charge is 2.21. The Hall–Kier alpha value is -1.13. The average Bonchev–Trinajstić information content (AvgIpc) is 2.91. The van der Waals surface area contributed by atoms with Crippen LogP contribution in [0.4, 0.5) is 5.69 Å². The molecule has 1 aromatic rings. The number of nitro benzene ring substituents is 1. The minimum absolute atomic E-state index is 0.0190.